The third kappa shape index (κ3) is 5.49. The number of phenolic OH excluding ortho intramolecular Hbond substituents is 1. The van der Waals surface area contributed by atoms with Gasteiger partial charge in [-0.1, -0.05) is 18.1 Å². The zero-order chi connectivity index (χ0) is 37.2. The number of nitrogens with one attached hydrogen (secondary N) is 1. The third-order valence-electron chi connectivity index (χ3n) is 10.3. The normalized spacial score (nSPS) is 24.2. The van der Waals surface area contributed by atoms with Gasteiger partial charge in [-0.25, -0.2) is 4.79 Å². The smallest absolute Gasteiger partial charge is 0.414 e. The second-order valence-corrected chi connectivity index (χ2v) is 14.7. The minimum Gasteiger partial charge on any atom is -0.504 e. The van der Waals surface area contributed by atoms with Crippen LogP contribution in [0.1, 0.15) is 80.8 Å². The van der Waals surface area contributed by atoms with Crippen molar-refractivity contribution in [3.05, 3.63) is 57.0 Å². The van der Waals surface area contributed by atoms with Gasteiger partial charge in [0.15, 0.2) is 28.7 Å². The number of amides is 2. The second kappa shape index (κ2) is 13.5. The molecular formula is C36H39N5O10S. The van der Waals surface area contributed by atoms with Crippen LogP contribution < -0.4 is 24.3 Å². The van der Waals surface area contributed by atoms with Crippen molar-refractivity contribution in [2.24, 2.45) is 0 Å². The molecule has 0 aliphatic carbocycles. The summed E-state index contributed by atoms with van der Waals surface area (Å²) >= 11 is 1.60. The number of esters is 1. The number of methoxy groups -OCH3 is 1. The Balaban J connectivity index is 1.44. The Kier molecular flexibility index (Phi) is 9.22. The number of phenols is 1. The number of nitriles is 1. The summed E-state index contributed by atoms with van der Waals surface area (Å²) in [5, 5.41) is 28.3. The summed E-state index contributed by atoms with van der Waals surface area (Å²) in [6.45, 7) is 8.18. The Morgan fingerprint density at radius 1 is 1.13 bits per heavy atom. The van der Waals surface area contributed by atoms with Crippen LogP contribution in [0.15, 0.2) is 16.7 Å². The summed E-state index contributed by atoms with van der Waals surface area (Å²) in [4.78, 5) is 42.9. The number of carbonyl (C=O) groups is 3. The average molecular weight is 734 g/mol. The number of hydrogen-bond acceptors (Lipinski definition) is 15. The van der Waals surface area contributed by atoms with E-state index in [1.165, 1.54) is 20.1 Å². The van der Waals surface area contributed by atoms with E-state index in [2.05, 4.69) is 21.4 Å². The molecule has 2 aromatic carbocycles. The van der Waals surface area contributed by atoms with E-state index >= 15 is 0 Å². The van der Waals surface area contributed by atoms with Gasteiger partial charge < -0.3 is 33.3 Å². The number of rotatable bonds is 7. The molecule has 5 heterocycles. The van der Waals surface area contributed by atoms with Gasteiger partial charge in [0.05, 0.1) is 30.5 Å². The Morgan fingerprint density at radius 2 is 1.88 bits per heavy atom. The number of aromatic nitrogens is 1. The molecule has 2 amide bonds. The molecule has 0 unspecified atom stereocenters. The van der Waals surface area contributed by atoms with Crippen LogP contribution in [0.25, 0.3) is 0 Å². The van der Waals surface area contributed by atoms with Crippen molar-refractivity contribution in [1.82, 2.24) is 20.3 Å². The molecule has 2 N–H and O–H groups in total. The third-order valence-corrected chi connectivity index (χ3v) is 11.6. The lowest BCUT2D eigenvalue weighted by Gasteiger charge is -2.61. The van der Waals surface area contributed by atoms with Gasteiger partial charge >= 0.3 is 12.1 Å². The maximum Gasteiger partial charge on any atom is 0.414 e. The number of likely N-dealkylation sites (N-methyl/N-ethyl adjacent to an activating group) is 1. The number of piperazine rings is 1. The molecule has 7 rings (SSSR count). The summed E-state index contributed by atoms with van der Waals surface area (Å²) in [7, 11) is 3.46. The zero-order valence-corrected chi connectivity index (χ0v) is 30.6. The maximum absolute atomic E-state index is 13.2. The Bertz CT molecular complexity index is 2030. The summed E-state index contributed by atoms with van der Waals surface area (Å²) in [5.41, 5.74) is 4.01. The minimum atomic E-state index is -1.04. The highest BCUT2D eigenvalue weighted by Crippen LogP contribution is 2.63. The number of alkyl carbamates (subject to hydrolysis) is 1. The van der Waals surface area contributed by atoms with Gasteiger partial charge in [0.2, 0.25) is 6.79 Å². The number of carbonyl (C=O) groups excluding carboxylic acids is 3. The van der Waals surface area contributed by atoms with Gasteiger partial charge in [0.1, 0.15) is 24.2 Å². The van der Waals surface area contributed by atoms with E-state index in [4.69, 9.17) is 28.2 Å². The number of nitrogens with zero attached hydrogens (tertiary/aromatic N) is 4. The number of thioether (sulfide) groups is 1. The first-order valence-corrected chi connectivity index (χ1v) is 17.9. The van der Waals surface area contributed by atoms with E-state index in [-0.39, 0.29) is 30.9 Å². The van der Waals surface area contributed by atoms with Gasteiger partial charge in [-0.2, -0.15) is 17.0 Å². The van der Waals surface area contributed by atoms with E-state index in [0.717, 1.165) is 11.1 Å². The standard InChI is InChI=1S/C36H39N5O10S/c1-8-52-34-26-25(33-32(48-14-49-33)17(4)31(26)50-18(5)42)23(13-47-36(45)38-35(44)20-10-16(3)51-39-20)41-22(12-37)21-11-19-9-15(2)30(46-7)29(43)24(19)27(28(34)41)40(21)6/h9-10,21-23,27-28,34,43H,8,11,13-14H2,1-7H3,(H,38,44,45)/t21-,22+,23+,27-,28-,34-/m1/s1. The van der Waals surface area contributed by atoms with Crippen LogP contribution in [0.2, 0.25) is 0 Å². The van der Waals surface area contributed by atoms with Crippen LogP contribution in [0.4, 0.5) is 4.79 Å². The molecule has 3 aromatic rings. The monoisotopic (exact) mass is 733 g/mol. The summed E-state index contributed by atoms with van der Waals surface area (Å²) < 4.78 is 34.5. The highest BCUT2D eigenvalue weighted by Gasteiger charge is 2.60. The number of ether oxygens (including phenoxy) is 5. The number of benzene rings is 2. The molecule has 0 radical (unpaired) electrons. The Hall–Kier alpha value is -4.98. The largest absolute Gasteiger partial charge is 0.504 e. The van der Waals surface area contributed by atoms with Crippen LogP contribution in [-0.4, -0.2) is 89.5 Å². The Morgan fingerprint density at radius 3 is 2.54 bits per heavy atom. The summed E-state index contributed by atoms with van der Waals surface area (Å²) in [6.07, 6.45) is -0.592. The number of hydrogen-bond donors (Lipinski definition) is 2. The molecule has 1 aromatic heterocycles. The molecule has 4 aliphatic rings. The molecule has 52 heavy (non-hydrogen) atoms. The average Bonchev–Trinajstić information content (AvgIpc) is 3.76. The topological polar surface area (TPSA) is 186 Å². The molecule has 0 spiro atoms. The molecule has 16 heteroatoms. The molecular weight excluding hydrogens is 694 g/mol. The first-order valence-electron chi connectivity index (χ1n) is 16.9. The lowest BCUT2D eigenvalue weighted by molar-refractivity contribution is -0.132. The molecule has 0 saturated carbocycles. The van der Waals surface area contributed by atoms with Gasteiger partial charge in [0, 0.05) is 47.3 Å². The summed E-state index contributed by atoms with van der Waals surface area (Å²) in [6, 6.07) is 2.99. The first kappa shape index (κ1) is 35.4. The van der Waals surface area contributed by atoms with Gasteiger partial charge in [0.25, 0.3) is 5.91 Å². The van der Waals surface area contributed by atoms with E-state index in [1.54, 1.807) is 25.6 Å². The highest BCUT2D eigenvalue weighted by atomic mass is 32.2. The zero-order valence-electron chi connectivity index (χ0n) is 29.8. The first-order chi connectivity index (χ1) is 24.9. The minimum absolute atomic E-state index is 0.0186. The molecule has 2 bridgehead atoms. The van der Waals surface area contributed by atoms with Crippen LogP contribution in [-0.2, 0) is 16.0 Å². The fourth-order valence-electron chi connectivity index (χ4n) is 8.44. The highest BCUT2D eigenvalue weighted by molar-refractivity contribution is 7.99. The molecule has 6 atom stereocenters. The number of imide groups is 1. The summed E-state index contributed by atoms with van der Waals surface area (Å²) in [5.74, 6) is 1.13. The predicted octanol–water partition coefficient (Wildman–Crippen LogP) is 4.56. The van der Waals surface area contributed by atoms with Crippen molar-refractivity contribution in [3.63, 3.8) is 0 Å². The molecule has 4 aliphatic heterocycles. The van der Waals surface area contributed by atoms with Crippen molar-refractivity contribution in [3.8, 4) is 34.8 Å². The molecule has 274 valence electrons. The lowest BCUT2D eigenvalue weighted by Crippen LogP contribution is -2.69. The van der Waals surface area contributed by atoms with Crippen molar-refractivity contribution >= 4 is 29.7 Å². The van der Waals surface area contributed by atoms with Crippen LogP contribution in [0.5, 0.6) is 28.7 Å². The van der Waals surface area contributed by atoms with E-state index in [1.807, 2.05) is 31.9 Å². The number of fused-ring (bicyclic) bond motifs is 9. The van der Waals surface area contributed by atoms with Gasteiger partial charge in [-0.15, -0.1) is 0 Å². The second-order valence-electron chi connectivity index (χ2n) is 13.2. The number of aromatic hydroxyl groups is 1. The van der Waals surface area contributed by atoms with Crippen molar-refractivity contribution in [2.75, 3.05) is 33.3 Å². The molecule has 1 fully saturated rings. The van der Waals surface area contributed by atoms with Gasteiger partial charge in [-0.3, -0.25) is 24.7 Å². The lowest BCUT2D eigenvalue weighted by atomic mass is 9.71. The fraction of sp³-hybridized carbons (Fsp3) is 0.472. The van der Waals surface area contributed by atoms with Crippen LogP contribution in [0.3, 0.4) is 0 Å². The van der Waals surface area contributed by atoms with E-state index < -0.39 is 47.4 Å². The molecule has 1 saturated heterocycles. The SMILES string of the molecule is CCS[C@@H]1c2c(OC(C)=O)c(C)c3c(c2[C@H](COC(=O)NC(=O)c2cc(C)on2)N2[C@@H]1[C@H]1c4c(cc(C)c(OC)c4O)C[C@H]([C@@H]2C#N)N1C)OCO3. The van der Waals surface area contributed by atoms with E-state index in [9.17, 15) is 24.8 Å². The van der Waals surface area contributed by atoms with Gasteiger partial charge in [-0.05, 0) is 51.1 Å². The van der Waals surface area contributed by atoms with Crippen molar-refractivity contribution in [2.45, 2.75) is 76.5 Å². The molecule has 15 nitrogen and oxygen atoms in total. The fourth-order valence-corrected chi connectivity index (χ4v) is 9.68. The maximum atomic E-state index is 13.2. The van der Waals surface area contributed by atoms with E-state index in [0.29, 0.717) is 63.2 Å². The van der Waals surface area contributed by atoms with Crippen molar-refractivity contribution < 1.29 is 47.7 Å². The quantitative estimate of drug-likeness (QED) is 0.254. The number of aryl methyl sites for hydroxylation is 2. The van der Waals surface area contributed by atoms with Crippen LogP contribution >= 0.6 is 11.8 Å². The predicted molar refractivity (Wildman–Crippen MR) is 185 cm³/mol. The van der Waals surface area contributed by atoms with Crippen molar-refractivity contribution in [1.29, 1.82) is 5.26 Å². The van der Waals surface area contributed by atoms with Crippen LogP contribution in [0, 0.1) is 32.1 Å². The Labute approximate surface area is 304 Å².